The van der Waals surface area contributed by atoms with Crippen LogP contribution in [0.25, 0.3) is 0 Å². The minimum absolute atomic E-state index is 0.182. The first-order chi connectivity index (χ1) is 11.1. The van der Waals surface area contributed by atoms with Gasteiger partial charge in [-0.05, 0) is 36.4 Å². The van der Waals surface area contributed by atoms with Crippen molar-refractivity contribution in [3.63, 3.8) is 0 Å². The van der Waals surface area contributed by atoms with E-state index in [1.807, 2.05) is 43.3 Å². The zero-order chi connectivity index (χ0) is 16.7. The molecule has 2 aromatic rings. The highest BCUT2D eigenvalue weighted by atomic mass is 16.5. The van der Waals surface area contributed by atoms with Gasteiger partial charge in [-0.3, -0.25) is 4.79 Å². The number of methoxy groups -OCH3 is 1. The van der Waals surface area contributed by atoms with Crippen LogP contribution in [0.5, 0.6) is 0 Å². The summed E-state index contributed by atoms with van der Waals surface area (Å²) in [5.41, 5.74) is 2.35. The Hall–Kier alpha value is -2.60. The van der Waals surface area contributed by atoms with E-state index in [-0.39, 0.29) is 5.91 Å². The molecule has 0 spiro atoms. The van der Waals surface area contributed by atoms with Crippen molar-refractivity contribution in [1.82, 2.24) is 4.98 Å². The topological polar surface area (TPSA) is 66.5 Å². The maximum absolute atomic E-state index is 12.2. The smallest absolute Gasteiger partial charge is 0.257 e. The van der Waals surface area contributed by atoms with E-state index in [4.69, 9.17) is 4.74 Å². The third-order valence-corrected chi connectivity index (χ3v) is 3.28. The van der Waals surface area contributed by atoms with E-state index in [1.165, 1.54) is 0 Å². The predicted octanol–water partition coefficient (Wildman–Crippen LogP) is 2.46. The van der Waals surface area contributed by atoms with Gasteiger partial charge in [-0.2, -0.15) is 0 Å². The number of carbonyl (C=O) groups is 1. The number of hydrogen-bond donors (Lipinski definition) is 2. The van der Waals surface area contributed by atoms with E-state index in [0.717, 1.165) is 11.4 Å². The second-order valence-electron chi connectivity index (χ2n) is 5.25. The van der Waals surface area contributed by atoms with Crippen LogP contribution in [0.4, 0.5) is 17.2 Å². The summed E-state index contributed by atoms with van der Waals surface area (Å²) in [6, 6.07) is 11.2. The SMILES string of the molecule is COCCNc1ccc(C(=O)Nc2ccc(N(C)C)cc2)cn1. The van der Waals surface area contributed by atoms with E-state index < -0.39 is 0 Å². The van der Waals surface area contributed by atoms with Crippen LogP contribution in [-0.2, 0) is 4.74 Å². The maximum atomic E-state index is 12.2. The number of pyridine rings is 1. The molecule has 6 heteroatoms. The van der Waals surface area contributed by atoms with Crippen LogP contribution < -0.4 is 15.5 Å². The third-order valence-electron chi connectivity index (χ3n) is 3.28. The van der Waals surface area contributed by atoms with Crippen molar-refractivity contribution in [3.05, 3.63) is 48.2 Å². The number of anilines is 3. The predicted molar refractivity (Wildman–Crippen MR) is 93.3 cm³/mol. The second kappa shape index (κ2) is 8.14. The quantitative estimate of drug-likeness (QED) is 0.769. The van der Waals surface area contributed by atoms with E-state index in [1.54, 1.807) is 25.4 Å². The lowest BCUT2D eigenvalue weighted by Crippen LogP contribution is -2.14. The Morgan fingerprint density at radius 3 is 2.48 bits per heavy atom. The van der Waals surface area contributed by atoms with Crippen molar-refractivity contribution in [3.8, 4) is 0 Å². The van der Waals surface area contributed by atoms with Gasteiger partial charge in [0.15, 0.2) is 0 Å². The summed E-state index contributed by atoms with van der Waals surface area (Å²) in [6.07, 6.45) is 1.55. The number of ether oxygens (including phenoxy) is 1. The largest absolute Gasteiger partial charge is 0.383 e. The molecule has 1 heterocycles. The van der Waals surface area contributed by atoms with E-state index in [0.29, 0.717) is 24.5 Å². The molecule has 23 heavy (non-hydrogen) atoms. The van der Waals surface area contributed by atoms with Crippen LogP contribution in [-0.4, -0.2) is 45.2 Å². The molecule has 0 fully saturated rings. The summed E-state index contributed by atoms with van der Waals surface area (Å²) in [5, 5.41) is 5.96. The number of nitrogens with zero attached hydrogens (tertiary/aromatic N) is 2. The molecule has 1 amide bonds. The summed E-state index contributed by atoms with van der Waals surface area (Å²) >= 11 is 0. The molecule has 0 saturated carbocycles. The number of hydrogen-bond acceptors (Lipinski definition) is 5. The minimum Gasteiger partial charge on any atom is -0.383 e. The number of nitrogens with one attached hydrogen (secondary N) is 2. The number of amides is 1. The van der Waals surface area contributed by atoms with E-state index in [9.17, 15) is 4.79 Å². The van der Waals surface area contributed by atoms with Crippen LogP contribution in [0.1, 0.15) is 10.4 Å². The van der Waals surface area contributed by atoms with Crippen molar-refractivity contribution in [1.29, 1.82) is 0 Å². The molecule has 0 aliphatic heterocycles. The molecule has 1 aromatic carbocycles. The zero-order valence-corrected chi connectivity index (χ0v) is 13.7. The van der Waals surface area contributed by atoms with Crippen molar-refractivity contribution >= 4 is 23.1 Å². The first-order valence-electron chi connectivity index (χ1n) is 7.38. The standard InChI is InChI=1S/C17H22N4O2/c1-21(2)15-7-5-14(6-8-15)20-17(22)13-4-9-16(19-12-13)18-10-11-23-3/h4-9,12H,10-11H2,1-3H3,(H,18,19)(H,20,22). The lowest BCUT2D eigenvalue weighted by molar-refractivity contribution is 0.102. The summed E-state index contributed by atoms with van der Waals surface area (Å²) in [6.45, 7) is 1.28. The molecule has 6 nitrogen and oxygen atoms in total. The zero-order valence-electron chi connectivity index (χ0n) is 13.7. The molecule has 2 N–H and O–H groups in total. The highest BCUT2D eigenvalue weighted by Crippen LogP contribution is 2.16. The highest BCUT2D eigenvalue weighted by Gasteiger charge is 2.07. The minimum atomic E-state index is -0.182. The first kappa shape index (κ1) is 16.8. The number of aromatic nitrogens is 1. The highest BCUT2D eigenvalue weighted by molar-refractivity contribution is 6.04. The lowest BCUT2D eigenvalue weighted by Gasteiger charge is -2.13. The van der Waals surface area contributed by atoms with Crippen molar-refractivity contribution in [2.45, 2.75) is 0 Å². The van der Waals surface area contributed by atoms with Crippen LogP contribution in [0, 0.1) is 0 Å². The molecular weight excluding hydrogens is 292 g/mol. The molecule has 1 aromatic heterocycles. The Balaban J connectivity index is 1.94. The van der Waals surface area contributed by atoms with Crippen LogP contribution in [0.2, 0.25) is 0 Å². The van der Waals surface area contributed by atoms with Gasteiger partial charge in [0.2, 0.25) is 0 Å². The fourth-order valence-electron chi connectivity index (χ4n) is 1.96. The van der Waals surface area contributed by atoms with Crippen LogP contribution in [0.3, 0.4) is 0 Å². The fraction of sp³-hybridized carbons (Fsp3) is 0.294. The molecule has 2 rings (SSSR count). The van der Waals surface area contributed by atoms with Crippen LogP contribution >= 0.6 is 0 Å². The molecule has 0 aliphatic carbocycles. The molecule has 0 bridgehead atoms. The van der Waals surface area contributed by atoms with Gasteiger partial charge in [-0.25, -0.2) is 4.98 Å². The molecule has 0 unspecified atom stereocenters. The number of benzene rings is 1. The molecule has 122 valence electrons. The average Bonchev–Trinajstić information content (AvgIpc) is 2.56. The summed E-state index contributed by atoms with van der Waals surface area (Å²) < 4.78 is 4.96. The van der Waals surface area contributed by atoms with Crippen LogP contribution in [0.15, 0.2) is 42.6 Å². The number of rotatable bonds is 7. The fourth-order valence-corrected chi connectivity index (χ4v) is 1.96. The summed E-state index contributed by atoms with van der Waals surface area (Å²) in [4.78, 5) is 18.4. The molecule has 0 radical (unpaired) electrons. The van der Waals surface area contributed by atoms with Gasteiger partial charge in [0.25, 0.3) is 5.91 Å². The van der Waals surface area contributed by atoms with E-state index in [2.05, 4.69) is 15.6 Å². The van der Waals surface area contributed by atoms with Gasteiger partial charge in [0.05, 0.1) is 12.2 Å². The molecule has 0 atom stereocenters. The average molecular weight is 314 g/mol. The van der Waals surface area contributed by atoms with Crippen molar-refractivity contribution in [2.75, 3.05) is 49.9 Å². The Kier molecular flexibility index (Phi) is 5.94. The Morgan fingerprint density at radius 2 is 1.91 bits per heavy atom. The molecular formula is C17H22N4O2. The summed E-state index contributed by atoms with van der Waals surface area (Å²) in [7, 11) is 5.59. The van der Waals surface area contributed by atoms with Gasteiger partial charge < -0.3 is 20.3 Å². The van der Waals surface area contributed by atoms with Gasteiger partial charge >= 0.3 is 0 Å². The van der Waals surface area contributed by atoms with E-state index >= 15 is 0 Å². The van der Waals surface area contributed by atoms with Gasteiger partial charge in [-0.15, -0.1) is 0 Å². The van der Waals surface area contributed by atoms with Gasteiger partial charge in [0.1, 0.15) is 5.82 Å². The third kappa shape index (κ3) is 4.96. The lowest BCUT2D eigenvalue weighted by atomic mass is 10.2. The Bertz CT molecular complexity index is 624. The number of carbonyl (C=O) groups excluding carboxylic acids is 1. The molecule has 0 aliphatic rings. The molecule has 0 saturated heterocycles. The Morgan fingerprint density at radius 1 is 1.17 bits per heavy atom. The summed E-state index contributed by atoms with van der Waals surface area (Å²) in [5.74, 6) is 0.535. The normalized spacial score (nSPS) is 10.2. The monoisotopic (exact) mass is 314 g/mol. The first-order valence-corrected chi connectivity index (χ1v) is 7.38. The van der Waals surface area contributed by atoms with Gasteiger partial charge in [-0.1, -0.05) is 0 Å². The maximum Gasteiger partial charge on any atom is 0.257 e. The van der Waals surface area contributed by atoms with Crippen molar-refractivity contribution < 1.29 is 9.53 Å². The Labute approximate surface area is 136 Å². The van der Waals surface area contributed by atoms with Gasteiger partial charge in [0, 0.05) is 45.3 Å². The second-order valence-corrected chi connectivity index (χ2v) is 5.25. The van der Waals surface area contributed by atoms with Crippen molar-refractivity contribution in [2.24, 2.45) is 0 Å².